The van der Waals surface area contributed by atoms with Crippen LogP contribution in [0.5, 0.6) is 0 Å². The van der Waals surface area contributed by atoms with E-state index in [1.54, 1.807) is 0 Å². The molecule has 7 aromatic rings. The van der Waals surface area contributed by atoms with Crippen molar-refractivity contribution < 1.29 is 0 Å². The van der Waals surface area contributed by atoms with Crippen LogP contribution in [0, 0.1) is 11.8 Å². The second-order valence-electron chi connectivity index (χ2n) is 13.8. The lowest BCUT2D eigenvalue weighted by Crippen LogP contribution is -2.30. The molecule has 0 N–H and O–H groups in total. The van der Waals surface area contributed by atoms with E-state index < -0.39 is 0 Å². The number of allylic oxidation sites excluding steroid dienone is 14. The summed E-state index contributed by atoms with van der Waals surface area (Å²) in [6.45, 7) is 0. The van der Waals surface area contributed by atoms with Gasteiger partial charge in [-0.2, -0.15) is 0 Å². The van der Waals surface area contributed by atoms with Crippen LogP contribution < -0.4 is 0 Å². The van der Waals surface area contributed by atoms with Crippen LogP contribution in [0.4, 0.5) is 0 Å². The fourth-order valence-electron chi connectivity index (χ4n) is 8.59. The Labute approximate surface area is 301 Å². The lowest BCUT2D eigenvalue weighted by Gasteiger charge is -2.42. The lowest BCUT2D eigenvalue weighted by atomic mass is 9.61. The van der Waals surface area contributed by atoms with Gasteiger partial charge in [0.1, 0.15) is 0 Å². The van der Waals surface area contributed by atoms with Gasteiger partial charge < -0.3 is 0 Å². The van der Waals surface area contributed by atoms with Crippen molar-refractivity contribution in [2.75, 3.05) is 0 Å². The Hall–Kier alpha value is -6.78. The van der Waals surface area contributed by atoms with E-state index in [4.69, 9.17) is 15.0 Å². The Morgan fingerprint density at radius 2 is 1.27 bits per heavy atom. The van der Waals surface area contributed by atoms with E-state index in [1.807, 2.05) is 30.6 Å². The highest BCUT2D eigenvalue weighted by molar-refractivity contribution is 6.16. The van der Waals surface area contributed by atoms with E-state index >= 15 is 0 Å². The molecule has 2 atom stereocenters. The van der Waals surface area contributed by atoms with E-state index in [1.165, 1.54) is 44.6 Å². The molecule has 0 aliphatic heterocycles. The van der Waals surface area contributed by atoms with Gasteiger partial charge in [-0.25, -0.2) is 9.97 Å². The molecular formula is C48H30N4. The van der Waals surface area contributed by atoms with Crippen LogP contribution in [0.3, 0.4) is 0 Å². The molecule has 4 aliphatic carbocycles. The number of hydrogen-bond acceptors (Lipinski definition) is 4. The van der Waals surface area contributed by atoms with Gasteiger partial charge in [0.25, 0.3) is 0 Å². The Balaban J connectivity index is 1.02. The SMILES string of the molecule is C1=CC2=C(c3ccc(-c4ccccn4)nc3)C=CC3=CC=C4C(c5ccc6ccc7c(-c8ccccc8)c8ccccc8nc7c6n5)=CC=C1C4C32. The van der Waals surface area contributed by atoms with Gasteiger partial charge >= 0.3 is 0 Å². The molecule has 11 rings (SSSR count). The van der Waals surface area contributed by atoms with Crippen LogP contribution >= 0.6 is 0 Å². The third-order valence-electron chi connectivity index (χ3n) is 11.0. The van der Waals surface area contributed by atoms with Gasteiger partial charge in [0.15, 0.2) is 0 Å². The second-order valence-corrected chi connectivity index (χ2v) is 13.8. The maximum atomic E-state index is 5.44. The summed E-state index contributed by atoms with van der Waals surface area (Å²) in [6.07, 6.45) is 22.1. The lowest BCUT2D eigenvalue weighted by molar-refractivity contribution is 0.569. The van der Waals surface area contributed by atoms with Gasteiger partial charge in [-0.05, 0) is 63.8 Å². The Bertz CT molecular complexity index is 2870. The molecule has 0 fully saturated rings. The first kappa shape index (κ1) is 29.0. The van der Waals surface area contributed by atoms with Crippen LogP contribution in [0.25, 0.3) is 66.4 Å². The van der Waals surface area contributed by atoms with Gasteiger partial charge in [0.05, 0.1) is 33.6 Å². The molecule has 3 aromatic carbocycles. The number of aromatic nitrogens is 4. The normalized spacial score (nSPS) is 18.6. The molecule has 0 bridgehead atoms. The molecule has 4 aliphatic rings. The van der Waals surface area contributed by atoms with E-state index in [2.05, 4.69) is 145 Å². The second kappa shape index (κ2) is 11.4. The minimum atomic E-state index is 0.206. The molecule has 0 radical (unpaired) electrons. The van der Waals surface area contributed by atoms with E-state index in [-0.39, 0.29) is 11.8 Å². The summed E-state index contributed by atoms with van der Waals surface area (Å²) >= 11 is 0. The monoisotopic (exact) mass is 662 g/mol. The molecule has 0 spiro atoms. The molecular weight excluding hydrogens is 633 g/mol. The molecule has 242 valence electrons. The number of rotatable bonds is 4. The quantitative estimate of drug-likeness (QED) is 0.139. The Morgan fingerprint density at radius 3 is 2.15 bits per heavy atom. The fraction of sp³-hybridized carbons (Fsp3) is 0.0417. The highest BCUT2D eigenvalue weighted by Gasteiger charge is 2.40. The zero-order valence-corrected chi connectivity index (χ0v) is 28.1. The zero-order chi connectivity index (χ0) is 34.2. The smallest absolute Gasteiger partial charge is 0.0978 e. The minimum Gasteiger partial charge on any atom is -0.255 e. The Kier molecular flexibility index (Phi) is 6.34. The molecule has 2 unspecified atom stereocenters. The van der Waals surface area contributed by atoms with Gasteiger partial charge in [-0.15, -0.1) is 0 Å². The number of nitrogens with zero attached hydrogens (tertiary/aromatic N) is 4. The molecule has 4 heterocycles. The number of fused-ring (bicyclic) bond motifs is 4. The standard InChI is InChI=1S/C48H30N4/c1-2-8-29(9-3-1)44-38-10-4-5-11-40(38)52-48-39(44)24-17-32-18-25-41(51-47(32)48)35-21-14-31-15-22-36-34(20-13-30-16-23-37(35)46(31)45(30)36)33-19-26-43(50-28-33)42-12-6-7-27-49-42/h1-28,45-46H. The third-order valence-corrected chi connectivity index (χ3v) is 11.0. The van der Waals surface area contributed by atoms with Gasteiger partial charge in [-0.3, -0.25) is 9.97 Å². The van der Waals surface area contributed by atoms with Crippen LogP contribution in [-0.4, -0.2) is 19.9 Å². The largest absolute Gasteiger partial charge is 0.255 e. The van der Waals surface area contributed by atoms with Crippen molar-refractivity contribution >= 4 is 43.9 Å². The third kappa shape index (κ3) is 4.41. The molecule has 0 amide bonds. The summed E-state index contributed by atoms with van der Waals surface area (Å²) in [7, 11) is 0. The van der Waals surface area contributed by atoms with E-state index in [0.717, 1.165) is 55.4 Å². The Morgan fingerprint density at radius 1 is 0.481 bits per heavy atom. The van der Waals surface area contributed by atoms with Crippen LogP contribution in [0.2, 0.25) is 0 Å². The van der Waals surface area contributed by atoms with Crippen molar-refractivity contribution in [2.24, 2.45) is 11.8 Å². The van der Waals surface area contributed by atoms with Crippen molar-refractivity contribution in [3.8, 4) is 22.5 Å². The van der Waals surface area contributed by atoms with E-state index in [9.17, 15) is 0 Å². The summed E-state index contributed by atoms with van der Waals surface area (Å²) in [5, 5.41) is 3.35. The van der Waals surface area contributed by atoms with Crippen molar-refractivity contribution in [3.05, 3.63) is 204 Å². The van der Waals surface area contributed by atoms with Crippen molar-refractivity contribution in [3.63, 3.8) is 0 Å². The molecule has 4 aromatic heterocycles. The predicted octanol–water partition coefficient (Wildman–Crippen LogP) is 11.1. The van der Waals surface area contributed by atoms with Gasteiger partial charge in [-0.1, -0.05) is 127 Å². The highest BCUT2D eigenvalue weighted by atomic mass is 14.8. The first-order valence-electron chi connectivity index (χ1n) is 17.8. The topological polar surface area (TPSA) is 51.6 Å². The summed E-state index contributed by atoms with van der Waals surface area (Å²) in [4.78, 5) is 20.0. The summed E-state index contributed by atoms with van der Waals surface area (Å²) in [6, 6.07) is 38.0. The van der Waals surface area contributed by atoms with E-state index in [0.29, 0.717) is 0 Å². The average Bonchev–Trinajstić information content (AvgIpc) is 3.22. The molecule has 52 heavy (non-hydrogen) atoms. The zero-order valence-electron chi connectivity index (χ0n) is 28.1. The first-order valence-corrected chi connectivity index (χ1v) is 17.8. The summed E-state index contributed by atoms with van der Waals surface area (Å²) < 4.78 is 0. The maximum Gasteiger partial charge on any atom is 0.0978 e. The fourth-order valence-corrected chi connectivity index (χ4v) is 8.59. The van der Waals surface area contributed by atoms with Crippen LogP contribution in [0.1, 0.15) is 11.3 Å². The van der Waals surface area contributed by atoms with Gasteiger partial charge in [0, 0.05) is 57.1 Å². The van der Waals surface area contributed by atoms with Crippen molar-refractivity contribution in [1.29, 1.82) is 0 Å². The maximum absolute atomic E-state index is 5.44. The molecule has 0 saturated carbocycles. The molecule has 0 saturated heterocycles. The number of para-hydroxylation sites is 1. The minimum absolute atomic E-state index is 0.206. The molecule has 4 nitrogen and oxygen atoms in total. The van der Waals surface area contributed by atoms with Gasteiger partial charge in [0.2, 0.25) is 0 Å². The first-order chi connectivity index (χ1) is 25.8. The number of benzene rings is 3. The molecule has 4 heteroatoms. The van der Waals surface area contributed by atoms with Crippen LogP contribution in [0.15, 0.2) is 192 Å². The number of hydrogen-bond donors (Lipinski definition) is 0. The predicted molar refractivity (Wildman–Crippen MR) is 212 cm³/mol. The van der Waals surface area contributed by atoms with Crippen LogP contribution in [-0.2, 0) is 0 Å². The highest BCUT2D eigenvalue weighted by Crippen LogP contribution is 2.53. The summed E-state index contributed by atoms with van der Waals surface area (Å²) in [5.41, 5.74) is 16.7. The van der Waals surface area contributed by atoms with Crippen molar-refractivity contribution in [2.45, 2.75) is 0 Å². The number of pyridine rings is 4. The average molecular weight is 663 g/mol. The van der Waals surface area contributed by atoms with Crippen molar-refractivity contribution in [1.82, 2.24) is 19.9 Å². The summed E-state index contributed by atoms with van der Waals surface area (Å²) in [5.74, 6) is 0.427.